The largest absolute Gasteiger partial charge is 0.465 e. The molecule has 0 heterocycles. The van der Waals surface area contributed by atoms with E-state index in [-0.39, 0.29) is 24.5 Å². The molecule has 0 atom stereocenters. The summed E-state index contributed by atoms with van der Waals surface area (Å²) in [5.74, 6) is -0.602. The molecule has 0 aromatic heterocycles. The monoisotopic (exact) mass is 353 g/mol. The Morgan fingerprint density at radius 3 is 2.31 bits per heavy atom. The summed E-state index contributed by atoms with van der Waals surface area (Å²) < 4.78 is 4.64. The second kappa shape index (κ2) is 8.94. The van der Waals surface area contributed by atoms with E-state index in [0.717, 1.165) is 16.7 Å². The molecule has 2 aromatic rings. The van der Waals surface area contributed by atoms with Crippen LogP contribution in [0.1, 0.15) is 50.2 Å². The van der Waals surface area contributed by atoms with Crippen LogP contribution in [0.15, 0.2) is 42.5 Å². The van der Waals surface area contributed by atoms with Crippen molar-refractivity contribution in [2.24, 2.45) is 0 Å². The Labute approximate surface area is 153 Å². The first-order valence-corrected chi connectivity index (χ1v) is 8.45. The number of hydrogen-bond donors (Lipinski definition) is 1. The molecule has 0 aliphatic carbocycles. The van der Waals surface area contributed by atoms with Crippen molar-refractivity contribution in [3.8, 4) is 0 Å². The van der Waals surface area contributed by atoms with E-state index in [0.29, 0.717) is 17.7 Å². The molecule has 0 saturated heterocycles. The maximum Gasteiger partial charge on any atom is 0.337 e. The summed E-state index contributed by atoms with van der Waals surface area (Å²) in [6, 6.07) is 12.6. The van der Waals surface area contributed by atoms with Gasteiger partial charge in [-0.1, -0.05) is 29.8 Å². The lowest BCUT2D eigenvalue weighted by atomic mass is 9.99. The lowest BCUT2D eigenvalue weighted by Crippen LogP contribution is -2.23. The van der Waals surface area contributed by atoms with Gasteiger partial charge in [-0.05, 0) is 43.2 Å². The highest BCUT2D eigenvalue weighted by molar-refractivity contribution is 5.99. The lowest BCUT2D eigenvalue weighted by molar-refractivity contribution is -0.121. The first kappa shape index (κ1) is 19.4. The van der Waals surface area contributed by atoms with Gasteiger partial charge in [0.2, 0.25) is 5.91 Å². The fraction of sp³-hybridized carbons (Fsp3) is 0.286. The summed E-state index contributed by atoms with van der Waals surface area (Å²) >= 11 is 0. The Morgan fingerprint density at radius 2 is 1.65 bits per heavy atom. The highest BCUT2D eigenvalue weighted by atomic mass is 16.5. The number of hydrogen-bond acceptors (Lipinski definition) is 4. The number of Topliss-reactive ketones (excluding diaryl/α,β-unsaturated/α-hetero) is 1. The van der Waals surface area contributed by atoms with Crippen LogP contribution in [0, 0.1) is 13.8 Å². The van der Waals surface area contributed by atoms with Crippen LogP contribution < -0.4 is 5.32 Å². The maximum atomic E-state index is 12.3. The number of carbonyl (C=O) groups excluding carboxylic acids is 3. The van der Waals surface area contributed by atoms with Gasteiger partial charge < -0.3 is 10.1 Å². The van der Waals surface area contributed by atoms with Gasteiger partial charge in [0.05, 0.1) is 12.7 Å². The van der Waals surface area contributed by atoms with Crippen LogP contribution in [0.4, 0.5) is 0 Å². The van der Waals surface area contributed by atoms with Crippen LogP contribution >= 0.6 is 0 Å². The molecule has 5 nitrogen and oxygen atoms in total. The molecule has 136 valence electrons. The van der Waals surface area contributed by atoms with Crippen molar-refractivity contribution in [3.63, 3.8) is 0 Å². The first-order chi connectivity index (χ1) is 12.4. The summed E-state index contributed by atoms with van der Waals surface area (Å²) in [4.78, 5) is 35.7. The minimum absolute atomic E-state index is 0.0243. The van der Waals surface area contributed by atoms with Crippen LogP contribution in [-0.2, 0) is 16.1 Å². The average molecular weight is 353 g/mol. The molecular formula is C21H23NO4. The molecule has 0 radical (unpaired) electrons. The zero-order valence-corrected chi connectivity index (χ0v) is 15.3. The molecule has 1 amide bonds. The third-order valence-corrected chi connectivity index (χ3v) is 4.14. The number of methoxy groups -OCH3 is 1. The van der Waals surface area contributed by atoms with Gasteiger partial charge >= 0.3 is 5.97 Å². The molecule has 0 saturated carbocycles. The molecule has 0 fully saturated rings. The van der Waals surface area contributed by atoms with Crippen molar-refractivity contribution in [1.29, 1.82) is 0 Å². The van der Waals surface area contributed by atoms with Crippen LogP contribution in [0.25, 0.3) is 0 Å². The standard InChI is InChI=1S/C21H23NO4/c1-14-4-5-15(2)18(12-14)19(23)10-11-20(24)22-13-16-6-8-17(9-7-16)21(25)26-3/h4-9,12H,10-11,13H2,1-3H3,(H,22,24). The molecule has 0 aliphatic heterocycles. The van der Waals surface area contributed by atoms with E-state index in [1.807, 2.05) is 32.0 Å². The van der Waals surface area contributed by atoms with Gasteiger partial charge in [0, 0.05) is 24.9 Å². The zero-order valence-electron chi connectivity index (χ0n) is 15.3. The van der Waals surface area contributed by atoms with Crippen LogP contribution in [0.5, 0.6) is 0 Å². The third-order valence-electron chi connectivity index (χ3n) is 4.14. The second-order valence-electron chi connectivity index (χ2n) is 6.21. The summed E-state index contributed by atoms with van der Waals surface area (Å²) in [7, 11) is 1.33. The van der Waals surface area contributed by atoms with Gasteiger partial charge in [0.25, 0.3) is 0 Å². The van der Waals surface area contributed by atoms with E-state index < -0.39 is 5.97 Å². The minimum atomic E-state index is -0.398. The van der Waals surface area contributed by atoms with Crippen molar-refractivity contribution >= 4 is 17.7 Å². The Balaban J connectivity index is 1.82. The number of ketones is 1. The Morgan fingerprint density at radius 1 is 0.962 bits per heavy atom. The van der Waals surface area contributed by atoms with E-state index in [4.69, 9.17) is 0 Å². The molecule has 2 rings (SSSR count). The summed E-state index contributed by atoms with van der Waals surface area (Å²) in [5, 5.41) is 2.79. The molecular weight excluding hydrogens is 330 g/mol. The van der Waals surface area contributed by atoms with Gasteiger partial charge in [-0.15, -0.1) is 0 Å². The smallest absolute Gasteiger partial charge is 0.337 e. The number of rotatable bonds is 7. The minimum Gasteiger partial charge on any atom is -0.465 e. The molecule has 0 aliphatic rings. The predicted octanol–water partition coefficient (Wildman–Crippen LogP) is 3.37. The van der Waals surface area contributed by atoms with Crippen molar-refractivity contribution in [2.75, 3.05) is 7.11 Å². The molecule has 2 aromatic carbocycles. The third kappa shape index (κ3) is 5.28. The average Bonchev–Trinajstić information content (AvgIpc) is 2.66. The van der Waals surface area contributed by atoms with Gasteiger partial charge in [-0.2, -0.15) is 0 Å². The highest BCUT2D eigenvalue weighted by Gasteiger charge is 2.12. The van der Waals surface area contributed by atoms with E-state index in [1.54, 1.807) is 24.3 Å². The topological polar surface area (TPSA) is 72.5 Å². The normalized spacial score (nSPS) is 10.3. The van der Waals surface area contributed by atoms with Crippen molar-refractivity contribution in [2.45, 2.75) is 33.2 Å². The van der Waals surface area contributed by atoms with E-state index >= 15 is 0 Å². The Bertz CT molecular complexity index is 809. The fourth-order valence-corrected chi connectivity index (χ4v) is 2.56. The van der Waals surface area contributed by atoms with Crippen molar-refractivity contribution in [1.82, 2.24) is 5.32 Å². The lowest BCUT2D eigenvalue weighted by Gasteiger charge is -2.08. The number of amides is 1. The first-order valence-electron chi connectivity index (χ1n) is 8.45. The quantitative estimate of drug-likeness (QED) is 0.612. The second-order valence-corrected chi connectivity index (χ2v) is 6.21. The van der Waals surface area contributed by atoms with E-state index in [9.17, 15) is 14.4 Å². The van der Waals surface area contributed by atoms with Gasteiger partial charge in [0.1, 0.15) is 0 Å². The van der Waals surface area contributed by atoms with Gasteiger partial charge in [-0.3, -0.25) is 9.59 Å². The number of nitrogens with one attached hydrogen (secondary N) is 1. The van der Waals surface area contributed by atoms with E-state index in [2.05, 4.69) is 10.1 Å². The maximum absolute atomic E-state index is 12.3. The predicted molar refractivity (Wildman–Crippen MR) is 99.1 cm³/mol. The van der Waals surface area contributed by atoms with Gasteiger partial charge in [0.15, 0.2) is 5.78 Å². The number of ether oxygens (including phenoxy) is 1. The Hall–Kier alpha value is -2.95. The van der Waals surface area contributed by atoms with Crippen molar-refractivity contribution < 1.29 is 19.1 Å². The number of benzene rings is 2. The summed E-state index contributed by atoms with van der Waals surface area (Å²) in [6.07, 6.45) is 0.323. The Kier molecular flexibility index (Phi) is 6.67. The van der Waals surface area contributed by atoms with Crippen molar-refractivity contribution in [3.05, 3.63) is 70.3 Å². The summed E-state index contributed by atoms with van der Waals surface area (Å²) in [6.45, 7) is 4.18. The number of aryl methyl sites for hydroxylation is 2. The van der Waals surface area contributed by atoms with Crippen LogP contribution in [0.2, 0.25) is 0 Å². The number of carbonyl (C=O) groups is 3. The highest BCUT2D eigenvalue weighted by Crippen LogP contribution is 2.14. The summed E-state index contributed by atoms with van der Waals surface area (Å²) in [5.41, 5.74) is 3.95. The zero-order chi connectivity index (χ0) is 19.1. The molecule has 0 spiro atoms. The fourth-order valence-electron chi connectivity index (χ4n) is 2.56. The molecule has 5 heteroatoms. The van der Waals surface area contributed by atoms with E-state index in [1.165, 1.54) is 7.11 Å². The van der Waals surface area contributed by atoms with Crippen LogP contribution in [-0.4, -0.2) is 24.8 Å². The molecule has 0 bridgehead atoms. The SMILES string of the molecule is COC(=O)c1ccc(CNC(=O)CCC(=O)c2cc(C)ccc2C)cc1. The van der Waals surface area contributed by atoms with Gasteiger partial charge in [-0.25, -0.2) is 4.79 Å². The molecule has 26 heavy (non-hydrogen) atoms. The number of esters is 1. The molecule has 0 unspecified atom stereocenters. The molecule has 1 N–H and O–H groups in total. The van der Waals surface area contributed by atoms with Crippen LogP contribution in [0.3, 0.4) is 0 Å².